The number of fused-ring (bicyclic) bond motifs is 1. The van der Waals surface area contributed by atoms with E-state index in [1.807, 2.05) is 23.6 Å². The molecule has 0 amide bonds. The van der Waals surface area contributed by atoms with Crippen LogP contribution in [0.2, 0.25) is 0 Å². The molecule has 1 N–H and O–H groups in total. The number of hydrogen-bond acceptors (Lipinski definition) is 5. The molecule has 0 radical (unpaired) electrons. The second-order valence-corrected chi connectivity index (χ2v) is 6.14. The van der Waals surface area contributed by atoms with Gasteiger partial charge in [-0.2, -0.15) is 0 Å². The molecule has 0 spiro atoms. The first-order chi connectivity index (χ1) is 10.9. The standard InChI is InChI=1S/C17H15N3OS/c1-2-5-15-13(4-1)12(11-21-15)8-19-17-10-18-9-14(20-17)16-6-3-7-22-16/h1-7,9-10,12H,8,11H2,(H,19,20). The van der Waals surface area contributed by atoms with Crippen molar-refractivity contribution >= 4 is 17.2 Å². The number of nitrogens with zero attached hydrogens (tertiary/aromatic N) is 2. The van der Waals surface area contributed by atoms with Crippen molar-refractivity contribution in [2.75, 3.05) is 18.5 Å². The third kappa shape index (κ3) is 2.55. The van der Waals surface area contributed by atoms with E-state index in [1.165, 1.54) is 5.56 Å². The summed E-state index contributed by atoms with van der Waals surface area (Å²) in [5.41, 5.74) is 2.17. The molecule has 0 saturated carbocycles. The molecule has 0 bridgehead atoms. The molecule has 0 saturated heterocycles. The molecule has 5 heteroatoms. The molecule has 4 rings (SSSR count). The third-order valence-corrected chi connectivity index (χ3v) is 4.63. The molecule has 1 aliphatic rings. The van der Waals surface area contributed by atoms with Crippen LogP contribution in [0.25, 0.3) is 10.6 Å². The van der Waals surface area contributed by atoms with Crippen LogP contribution in [-0.2, 0) is 0 Å². The number of anilines is 1. The van der Waals surface area contributed by atoms with E-state index in [2.05, 4.69) is 33.5 Å². The van der Waals surface area contributed by atoms with Gasteiger partial charge in [-0.05, 0) is 17.5 Å². The van der Waals surface area contributed by atoms with Crippen molar-refractivity contribution in [2.24, 2.45) is 0 Å². The van der Waals surface area contributed by atoms with Gasteiger partial charge in [0.25, 0.3) is 0 Å². The molecule has 22 heavy (non-hydrogen) atoms. The zero-order chi connectivity index (χ0) is 14.8. The highest BCUT2D eigenvalue weighted by Crippen LogP contribution is 2.33. The fourth-order valence-electron chi connectivity index (χ4n) is 2.62. The molecule has 0 aliphatic carbocycles. The fourth-order valence-corrected chi connectivity index (χ4v) is 3.30. The second-order valence-electron chi connectivity index (χ2n) is 5.19. The average Bonchev–Trinajstić information content (AvgIpc) is 3.23. The second kappa shape index (κ2) is 5.77. The zero-order valence-corrected chi connectivity index (χ0v) is 12.7. The van der Waals surface area contributed by atoms with Crippen LogP contribution in [0.5, 0.6) is 5.75 Å². The summed E-state index contributed by atoms with van der Waals surface area (Å²) in [6.45, 7) is 1.50. The van der Waals surface area contributed by atoms with Gasteiger partial charge in [0.05, 0.1) is 23.9 Å². The van der Waals surface area contributed by atoms with Gasteiger partial charge < -0.3 is 10.1 Å². The molecule has 1 aliphatic heterocycles. The number of hydrogen-bond donors (Lipinski definition) is 1. The number of para-hydroxylation sites is 1. The Kier molecular flexibility index (Phi) is 3.48. The molecule has 3 aromatic rings. The maximum absolute atomic E-state index is 5.71. The molecule has 1 aromatic carbocycles. The summed E-state index contributed by atoms with van der Waals surface area (Å²) in [6, 6.07) is 12.3. The van der Waals surface area contributed by atoms with Crippen molar-refractivity contribution in [1.29, 1.82) is 0 Å². The Bertz CT molecular complexity index is 773. The Labute approximate surface area is 132 Å². The van der Waals surface area contributed by atoms with Gasteiger partial charge >= 0.3 is 0 Å². The zero-order valence-electron chi connectivity index (χ0n) is 11.9. The van der Waals surface area contributed by atoms with Gasteiger partial charge in [0.1, 0.15) is 17.3 Å². The van der Waals surface area contributed by atoms with Gasteiger partial charge in [0, 0.05) is 18.0 Å². The van der Waals surface area contributed by atoms with E-state index in [4.69, 9.17) is 4.74 Å². The van der Waals surface area contributed by atoms with Crippen LogP contribution >= 0.6 is 11.3 Å². The van der Waals surface area contributed by atoms with Crippen molar-refractivity contribution < 1.29 is 4.74 Å². The fraction of sp³-hybridized carbons (Fsp3) is 0.176. The molecular formula is C17H15N3OS. The van der Waals surface area contributed by atoms with Crippen LogP contribution in [0.3, 0.4) is 0 Å². The molecule has 1 atom stereocenters. The highest BCUT2D eigenvalue weighted by molar-refractivity contribution is 7.13. The summed E-state index contributed by atoms with van der Waals surface area (Å²) in [7, 11) is 0. The van der Waals surface area contributed by atoms with Crippen molar-refractivity contribution in [3.63, 3.8) is 0 Å². The lowest BCUT2D eigenvalue weighted by molar-refractivity contribution is 0.334. The van der Waals surface area contributed by atoms with Crippen LogP contribution in [0.1, 0.15) is 11.5 Å². The summed E-state index contributed by atoms with van der Waals surface area (Å²) in [6.07, 6.45) is 3.56. The Balaban J connectivity index is 1.48. The lowest BCUT2D eigenvalue weighted by atomic mass is 10.0. The molecule has 3 heterocycles. The van der Waals surface area contributed by atoms with Crippen molar-refractivity contribution in [3.8, 4) is 16.3 Å². The minimum atomic E-state index is 0.350. The summed E-state index contributed by atoms with van der Waals surface area (Å²) >= 11 is 1.67. The third-order valence-electron chi connectivity index (χ3n) is 3.74. The van der Waals surface area contributed by atoms with Crippen LogP contribution in [0.15, 0.2) is 54.2 Å². The Morgan fingerprint density at radius 2 is 2.14 bits per heavy atom. The van der Waals surface area contributed by atoms with Gasteiger partial charge in [-0.15, -0.1) is 11.3 Å². The molecule has 110 valence electrons. The van der Waals surface area contributed by atoms with Gasteiger partial charge in [0.15, 0.2) is 0 Å². The normalized spacial score (nSPS) is 16.1. The first-order valence-corrected chi connectivity index (χ1v) is 8.09. The molecule has 2 aromatic heterocycles. The highest BCUT2D eigenvalue weighted by atomic mass is 32.1. The van der Waals surface area contributed by atoms with E-state index in [-0.39, 0.29) is 0 Å². The largest absolute Gasteiger partial charge is 0.493 e. The van der Waals surface area contributed by atoms with Crippen molar-refractivity contribution in [1.82, 2.24) is 9.97 Å². The van der Waals surface area contributed by atoms with E-state index in [0.29, 0.717) is 12.5 Å². The minimum Gasteiger partial charge on any atom is -0.493 e. The van der Waals surface area contributed by atoms with Gasteiger partial charge in [-0.1, -0.05) is 24.3 Å². The monoisotopic (exact) mass is 309 g/mol. The van der Waals surface area contributed by atoms with E-state index >= 15 is 0 Å². The number of nitrogens with one attached hydrogen (secondary N) is 1. The summed E-state index contributed by atoms with van der Waals surface area (Å²) in [4.78, 5) is 10.0. The molecule has 0 fully saturated rings. The number of ether oxygens (including phenoxy) is 1. The number of benzene rings is 1. The summed E-state index contributed by atoms with van der Waals surface area (Å²) in [5, 5.41) is 5.43. The summed E-state index contributed by atoms with van der Waals surface area (Å²) < 4.78 is 5.71. The first-order valence-electron chi connectivity index (χ1n) is 7.22. The highest BCUT2D eigenvalue weighted by Gasteiger charge is 2.23. The predicted octanol–water partition coefficient (Wildman–Crippen LogP) is 3.79. The number of rotatable bonds is 4. The first kappa shape index (κ1) is 13.3. The summed E-state index contributed by atoms with van der Waals surface area (Å²) in [5.74, 6) is 2.14. The molecular weight excluding hydrogens is 294 g/mol. The van der Waals surface area contributed by atoms with Crippen molar-refractivity contribution in [3.05, 3.63) is 59.7 Å². The number of thiophene rings is 1. The SMILES string of the molecule is c1csc(-c2cncc(NCC3COc4ccccc43)n2)c1. The lowest BCUT2D eigenvalue weighted by Gasteiger charge is -2.11. The lowest BCUT2D eigenvalue weighted by Crippen LogP contribution is -2.14. The van der Waals surface area contributed by atoms with Crippen LogP contribution in [-0.4, -0.2) is 23.1 Å². The Morgan fingerprint density at radius 1 is 1.18 bits per heavy atom. The Hall–Kier alpha value is -2.40. The van der Waals surface area contributed by atoms with E-state index < -0.39 is 0 Å². The maximum atomic E-state index is 5.71. The minimum absolute atomic E-state index is 0.350. The van der Waals surface area contributed by atoms with E-state index in [0.717, 1.165) is 28.7 Å². The topological polar surface area (TPSA) is 47.0 Å². The van der Waals surface area contributed by atoms with E-state index in [1.54, 1.807) is 23.7 Å². The Morgan fingerprint density at radius 3 is 3.05 bits per heavy atom. The van der Waals surface area contributed by atoms with Crippen LogP contribution < -0.4 is 10.1 Å². The van der Waals surface area contributed by atoms with Crippen molar-refractivity contribution in [2.45, 2.75) is 5.92 Å². The van der Waals surface area contributed by atoms with Gasteiger partial charge in [-0.25, -0.2) is 4.98 Å². The van der Waals surface area contributed by atoms with Gasteiger partial charge in [0.2, 0.25) is 0 Å². The smallest absolute Gasteiger partial charge is 0.145 e. The number of aromatic nitrogens is 2. The maximum Gasteiger partial charge on any atom is 0.145 e. The molecule has 4 nitrogen and oxygen atoms in total. The predicted molar refractivity (Wildman–Crippen MR) is 88.5 cm³/mol. The van der Waals surface area contributed by atoms with Crippen LogP contribution in [0, 0.1) is 0 Å². The van der Waals surface area contributed by atoms with Crippen LogP contribution in [0.4, 0.5) is 5.82 Å². The van der Waals surface area contributed by atoms with E-state index in [9.17, 15) is 0 Å². The quantitative estimate of drug-likeness (QED) is 0.796. The average molecular weight is 309 g/mol. The molecule has 1 unspecified atom stereocenters. The van der Waals surface area contributed by atoms with Gasteiger partial charge in [-0.3, -0.25) is 4.98 Å².